The minimum atomic E-state index is -0.462. The fourth-order valence-electron chi connectivity index (χ4n) is 5.32. The summed E-state index contributed by atoms with van der Waals surface area (Å²) in [5.41, 5.74) is 4.94. The van der Waals surface area contributed by atoms with Gasteiger partial charge in [0, 0.05) is 42.1 Å². The molecule has 1 amide bonds. The van der Waals surface area contributed by atoms with Crippen LogP contribution in [-0.4, -0.2) is 41.2 Å². The fourth-order valence-corrected chi connectivity index (χ4v) is 5.32. The van der Waals surface area contributed by atoms with Crippen molar-refractivity contribution in [2.24, 2.45) is 0 Å². The third-order valence-electron chi connectivity index (χ3n) is 7.32. The van der Waals surface area contributed by atoms with E-state index in [0.29, 0.717) is 11.7 Å². The molecule has 4 aromatic rings. The number of benzene rings is 2. The van der Waals surface area contributed by atoms with Gasteiger partial charge in [-0.3, -0.25) is 5.32 Å². The number of hydrogen-bond donors (Lipinski definition) is 1. The second-order valence-corrected chi connectivity index (χ2v) is 10.3. The Morgan fingerprint density at radius 2 is 1.84 bits per heavy atom. The van der Waals surface area contributed by atoms with E-state index in [1.165, 1.54) is 6.42 Å². The van der Waals surface area contributed by atoms with Gasteiger partial charge in [0.15, 0.2) is 5.76 Å². The van der Waals surface area contributed by atoms with Gasteiger partial charge in [0.25, 0.3) is 0 Å². The summed E-state index contributed by atoms with van der Waals surface area (Å²) in [6.45, 7) is 5.14. The van der Waals surface area contributed by atoms with Crippen LogP contribution in [0.4, 0.5) is 10.5 Å². The maximum absolute atomic E-state index is 12.1. The van der Waals surface area contributed by atoms with Gasteiger partial charge in [-0.25, -0.2) is 4.79 Å². The lowest BCUT2D eigenvalue weighted by atomic mass is 9.92. The number of rotatable bonds is 7. The summed E-state index contributed by atoms with van der Waals surface area (Å²) in [5.74, 6) is 1.60. The van der Waals surface area contributed by atoms with Gasteiger partial charge in [-0.05, 0) is 62.9 Å². The molecule has 2 aromatic carbocycles. The van der Waals surface area contributed by atoms with Gasteiger partial charge in [0.2, 0.25) is 0 Å². The Kier molecular flexibility index (Phi) is 6.81. The zero-order valence-electron chi connectivity index (χ0n) is 21.8. The number of ether oxygens (including phenoxy) is 3. The van der Waals surface area contributed by atoms with Crippen LogP contribution < -0.4 is 10.1 Å². The predicted molar refractivity (Wildman–Crippen MR) is 145 cm³/mol. The fraction of sp³-hybridized carbons (Fsp3) is 0.400. The van der Waals surface area contributed by atoms with Crippen LogP contribution in [0.25, 0.3) is 33.5 Å². The highest BCUT2D eigenvalue weighted by atomic mass is 16.6. The Morgan fingerprint density at radius 3 is 2.50 bits per heavy atom. The summed E-state index contributed by atoms with van der Waals surface area (Å²) in [6, 6.07) is 16.5. The molecule has 1 N–H and O–H groups in total. The van der Waals surface area contributed by atoms with Gasteiger partial charge in [0.05, 0.1) is 42.3 Å². The van der Waals surface area contributed by atoms with Crippen molar-refractivity contribution in [3.05, 3.63) is 54.7 Å². The van der Waals surface area contributed by atoms with Crippen molar-refractivity contribution in [2.45, 2.75) is 64.2 Å². The highest BCUT2D eigenvalue weighted by Crippen LogP contribution is 2.47. The minimum Gasteiger partial charge on any atom is -0.490 e. The molecule has 38 heavy (non-hydrogen) atoms. The number of fused-ring (bicyclic) bond motifs is 1. The van der Waals surface area contributed by atoms with E-state index < -0.39 is 6.09 Å². The van der Waals surface area contributed by atoms with Crippen molar-refractivity contribution in [3.63, 3.8) is 0 Å². The molecule has 8 heteroatoms. The number of nitrogens with one attached hydrogen (secondary N) is 1. The molecular formula is C30H33N3O5. The molecule has 2 aromatic heterocycles. The molecule has 1 saturated carbocycles. The van der Waals surface area contributed by atoms with Gasteiger partial charge < -0.3 is 23.3 Å². The quantitative estimate of drug-likeness (QED) is 0.280. The molecular weight excluding hydrogens is 482 g/mol. The lowest BCUT2D eigenvalue weighted by Gasteiger charge is -2.30. The summed E-state index contributed by atoms with van der Waals surface area (Å²) in [5, 5.41) is 7.92. The number of amides is 1. The predicted octanol–water partition coefficient (Wildman–Crippen LogP) is 7.20. The smallest absolute Gasteiger partial charge is 0.411 e. The lowest BCUT2D eigenvalue weighted by Crippen LogP contribution is -2.25. The van der Waals surface area contributed by atoms with Crippen LogP contribution in [0.15, 0.2) is 59.3 Å². The Morgan fingerprint density at radius 1 is 1.05 bits per heavy atom. The Labute approximate surface area is 221 Å². The van der Waals surface area contributed by atoms with Crippen LogP contribution in [0.2, 0.25) is 0 Å². The molecule has 8 nitrogen and oxygen atoms in total. The first-order chi connectivity index (χ1) is 18.6. The van der Waals surface area contributed by atoms with Crippen molar-refractivity contribution < 1.29 is 23.5 Å². The number of aromatic nitrogens is 2. The maximum Gasteiger partial charge on any atom is 0.411 e. The van der Waals surface area contributed by atoms with Crippen LogP contribution >= 0.6 is 0 Å². The first-order valence-electron chi connectivity index (χ1n) is 13.5. The van der Waals surface area contributed by atoms with Gasteiger partial charge in [-0.15, -0.1) is 0 Å². The van der Waals surface area contributed by atoms with E-state index in [1.54, 1.807) is 6.20 Å². The first kappa shape index (κ1) is 24.6. The standard InChI is InChI=1S/C30H33N3O5/c1-19(2)36-30(34)32-21-8-6-20(7-9-21)29-28(27-12-15-31-38-27)25-11-10-24(37-23-13-16-35-17-14-23)18-26(25)33(29)22-4-3-5-22/h6-12,15,18-19,22-23H,3-5,13-14,16-17H2,1-2H3,(H,32,34). The molecule has 0 spiro atoms. The molecule has 2 aliphatic rings. The Hall–Kier alpha value is -3.78. The van der Waals surface area contributed by atoms with Gasteiger partial charge >= 0.3 is 6.09 Å². The summed E-state index contributed by atoms with van der Waals surface area (Å²) < 4.78 is 25.3. The van der Waals surface area contributed by atoms with E-state index in [0.717, 1.165) is 78.1 Å². The van der Waals surface area contributed by atoms with Crippen LogP contribution in [0.1, 0.15) is 52.0 Å². The average molecular weight is 516 g/mol. The zero-order chi connectivity index (χ0) is 26.1. The highest BCUT2D eigenvalue weighted by molar-refractivity contribution is 6.04. The van der Waals surface area contributed by atoms with E-state index in [2.05, 4.69) is 33.2 Å². The third-order valence-corrected chi connectivity index (χ3v) is 7.32. The average Bonchev–Trinajstić information content (AvgIpc) is 3.50. The highest BCUT2D eigenvalue weighted by Gasteiger charge is 2.30. The van der Waals surface area contributed by atoms with Crippen molar-refractivity contribution in [1.82, 2.24) is 9.72 Å². The minimum absolute atomic E-state index is 0.170. The largest absolute Gasteiger partial charge is 0.490 e. The van der Waals surface area contributed by atoms with Crippen molar-refractivity contribution in [2.75, 3.05) is 18.5 Å². The number of anilines is 1. The van der Waals surface area contributed by atoms with Crippen molar-refractivity contribution >= 4 is 22.7 Å². The second-order valence-electron chi connectivity index (χ2n) is 10.3. The summed E-state index contributed by atoms with van der Waals surface area (Å²) in [6.07, 6.45) is 6.47. The van der Waals surface area contributed by atoms with Crippen LogP contribution in [0, 0.1) is 0 Å². The molecule has 1 saturated heterocycles. The molecule has 6 rings (SSSR count). The van der Waals surface area contributed by atoms with Crippen molar-refractivity contribution in [3.8, 4) is 28.3 Å². The molecule has 1 aliphatic heterocycles. The van der Waals surface area contributed by atoms with Crippen LogP contribution in [0.5, 0.6) is 5.75 Å². The number of hydrogen-bond acceptors (Lipinski definition) is 6. The lowest BCUT2D eigenvalue weighted by molar-refractivity contribution is 0.0256. The first-order valence-corrected chi connectivity index (χ1v) is 13.5. The summed E-state index contributed by atoms with van der Waals surface area (Å²) in [4.78, 5) is 12.1. The zero-order valence-corrected chi connectivity index (χ0v) is 21.8. The molecule has 3 heterocycles. The number of carbonyl (C=O) groups is 1. The van der Waals surface area contributed by atoms with E-state index in [9.17, 15) is 4.79 Å². The van der Waals surface area contributed by atoms with E-state index in [-0.39, 0.29) is 12.2 Å². The van der Waals surface area contributed by atoms with E-state index in [1.807, 2.05) is 44.2 Å². The van der Waals surface area contributed by atoms with Crippen molar-refractivity contribution in [1.29, 1.82) is 0 Å². The molecule has 198 valence electrons. The third kappa shape index (κ3) is 4.88. The number of nitrogens with zero attached hydrogens (tertiary/aromatic N) is 2. The van der Waals surface area contributed by atoms with Gasteiger partial charge in [-0.2, -0.15) is 0 Å². The summed E-state index contributed by atoms with van der Waals surface area (Å²) in [7, 11) is 0. The van der Waals surface area contributed by atoms with E-state index in [4.69, 9.17) is 18.7 Å². The maximum atomic E-state index is 12.1. The van der Waals surface area contributed by atoms with E-state index >= 15 is 0 Å². The van der Waals surface area contributed by atoms with Gasteiger partial charge in [0.1, 0.15) is 11.9 Å². The van der Waals surface area contributed by atoms with Crippen LogP contribution in [0.3, 0.4) is 0 Å². The second kappa shape index (κ2) is 10.5. The molecule has 1 aliphatic carbocycles. The molecule has 2 fully saturated rings. The number of carbonyl (C=O) groups excluding carboxylic acids is 1. The monoisotopic (exact) mass is 515 g/mol. The van der Waals surface area contributed by atoms with Gasteiger partial charge in [-0.1, -0.05) is 17.3 Å². The SMILES string of the molecule is CC(C)OC(=O)Nc1ccc(-c2c(-c3ccno3)c3ccc(OC4CCOCC4)cc3n2C2CCC2)cc1. The Bertz CT molecular complexity index is 1400. The van der Waals surface area contributed by atoms with Crippen LogP contribution in [-0.2, 0) is 9.47 Å². The molecule has 0 bridgehead atoms. The normalized spacial score (nSPS) is 16.5. The molecule has 0 atom stereocenters. The Balaban J connectivity index is 1.44. The molecule has 0 radical (unpaired) electrons. The molecule has 0 unspecified atom stereocenters. The summed E-state index contributed by atoms with van der Waals surface area (Å²) >= 11 is 0. The topological polar surface area (TPSA) is 87.8 Å².